The Hall–Kier alpha value is -1.10. The van der Waals surface area contributed by atoms with E-state index in [1.807, 2.05) is 0 Å². The van der Waals surface area contributed by atoms with Gasteiger partial charge in [-0.3, -0.25) is 4.90 Å². The number of likely N-dealkylation sites (N-methyl/N-ethyl adjacent to an activating group) is 3. The van der Waals surface area contributed by atoms with E-state index in [0.717, 1.165) is 45.8 Å². The number of rotatable bonds is 9. The monoisotopic (exact) mass is 318 g/mol. The Morgan fingerprint density at radius 3 is 2.26 bits per heavy atom. The molecule has 0 bridgehead atoms. The first kappa shape index (κ1) is 18.2. The van der Waals surface area contributed by atoms with Crippen molar-refractivity contribution >= 4 is 5.69 Å². The SMILES string of the molecule is CCNCCN(CC)Cc1ccc(N2CCN(CC)CC2)cc1. The van der Waals surface area contributed by atoms with E-state index >= 15 is 0 Å². The summed E-state index contributed by atoms with van der Waals surface area (Å²) in [5.41, 5.74) is 2.79. The van der Waals surface area contributed by atoms with Crippen LogP contribution in [0.25, 0.3) is 0 Å². The summed E-state index contributed by atoms with van der Waals surface area (Å²) in [6.45, 7) is 17.9. The molecule has 130 valence electrons. The van der Waals surface area contributed by atoms with E-state index in [-0.39, 0.29) is 0 Å². The Labute approximate surface area is 142 Å². The molecule has 0 unspecified atom stereocenters. The van der Waals surface area contributed by atoms with Gasteiger partial charge >= 0.3 is 0 Å². The molecule has 0 aromatic heterocycles. The third-order valence-corrected chi connectivity index (χ3v) is 4.83. The van der Waals surface area contributed by atoms with Gasteiger partial charge < -0.3 is 15.1 Å². The number of nitrogens with zero attached hydrogens (tertiary/aromatic N) is 3. The maximum atomic E-state index is 3.41. The summed E-state index contributed by atoms with van der Waals surface area (Å²) in [6.07, 6.45) is 0. The molecule has 1 aliphatic rings. The highest BCUT2D eigenvalue weighted by Gasteiger charge is 2.15. The van der Waals surface area contributed by atoms with Crippen molar-refractivity contribution in [3.63, 3.8) is 0 Å². The van der Waals surface area contributed by atoms with Gasteiger partial charge in [0.25, 0.3) is 0 Å². The minimum Gasteiger partial charge on any atom is -0.369 e. The summed E-state index contributed by atoms with van der Waals surface area (Å²) >= 11 is 0. The van der Waals surface area contributed by atoms with Gasteiger partial charge in [0.2, 0.25) is 0 Å². The predicted molar refractivity (Wildman–Crippen MR) is 100 cm³/mol. The first-order valence-corrected chi connectivity index (χ1v) is 9.26. The molecule has 1 heterocycles. The van der Waals surface area contributed by atoms with Crippen molar-refractivity contribution in [1.29, 1.82) is 0 Å². The molecule has 0 spiro atoms. The maximum Gasteiger partial charge on any atom is 0.0367 e. The molecule has 1 fully saturated rings. The lowest BCUT2D eigenvalue weighted by Gasteiger charge is -2.35. The van der Waals surface area contributed by atoms with Gasteiger partial charge in [0.1, 0.15) is 0 Å². The molecule has 1 aromatic rings. The van der Waals surface area contributed by atoms with E-state index in [9.17, 15) is 0 Å². The van der Waals surface area contributed by atoms with Crippen LogP contribution in [0.2, 0.25) is 0 Å². The van der Waals surface area contributed by atoms with E-state index in [1.54, 1.807) is 0 Å². The number of hydrogen-bond acceptors (Lipinski definition) is 4. The van der Waals surface area contributed by atoms with Gasteiger partial charge in [0.05, 0.1) is 0 Å². The summed E-state index contributed by atoms with van der Waals surface area (Å²) in [7, 11) is 0. The summed E-state index contributed by atoms with van der Waals surface area (Å²) in [6, 6.07) is 9.21. The standard InChI is InChI=1S/C19H34N4/c1-4-20-11-12-22(6-3)17-18-7-9-19(10-8-18)23-15-13-21(5-2)14-16-23/h7-10,20H,4-6,11-17H2,1-3H3. The molecule has 0 amide bonds. The summed E-state index contributed by atoms with van der Waals surface area (Å²) in [4.78, 5) is 7.53. The van der Waals surface area contributed by atoms with Crippen molar-refractivity contribution in [1.82, 2.24) is 15.1 Å². The van der Waals surface area contributed by atoms with E-state index < -0.39 is 0 Å². The fraction of sp³-hybridized carbons (Fsp3) is 0.684. The molecule has 0 radical (unpaired) electrons. The smallest absolute Gasteiger partial charge is 0.0367 e. The molecular formula is C19H34N4. The highest BCUT2D eigenvalue weighted by atomic mass is 15.3. The zero-order chi connectivity index (χ0) is 16.5. The maximum absolute atomic E-state index is 3.41. The molecule has 1 aliphatic heterocycles. The van der Waals surface area contributed by atoms with Crippen LogP contribution in [0.15, 0.2) is 24.3 Å². The number of hydrogen-bond donors (Lipinski definition) is 1. The van der Waals surface area contributed by atoms with Gasteiger partial charge in [0, 0.05) is 51.5 Å². The van der Waals surface area contributed by atoms with Crippen LogP contribution in [0.1, 0.15) is 26.3 Å². The first-order chi connectivity index (χ1) is 11.3. The Balaban J connectivity index is 1.84. The van der Waals surface area contributed by atoms with E-state index in [0.29, 0.717) is 0 Å². The highest BCUT2D eigenvalue weighted by Crippen LogP contribution is 2.18. The van der Waals surface area contributed by atoms with Crippen molar-refractivity contribution in [3.8, 4) is 0 Å². The van der Waals surface area contributed by atoms with Gasteiger partial charge in [-0.05, 0) is 37.3 Å². The largest absolute Gasteiger partial charge is 0.369 e. The number of anilines is 1. The molecule has 4 nitrogen and oxygen atoms in total. The van der Waals surface area contributed by atoms with Crippen LogP contribution < -0.4 is 10.2 Å². The van der Waals surface area contributed by atoms with Crippen molar-refractivity contribution in [2.24, 2.45) is 0 Å². The minimum atomic E-state index is 1.05. The van der Waals surface area contributed by atoms with Crippen LogP contribution in [0.3, 0.4) is 0 Å². The van der Waals surface area contributed by atoms with Crippen molar-refractivity contribution < 1.29 is 0 Å². The lowest BCUT2D eigenvalue weighted by Crippen LogP contribution is -2.46. The summed E-state index contributed by atoms with van der Waals surface area (Å²) in [5.74, 6) is 0. The Morgan fingerprint density at radius 2 is 1.70 bits per heavy atom. The van der Waals surface area contributed by atoms with Crippen LogP contribution in [0.4, 0.5) is 5.69 Å². The lowest BCUT2D eigenvalue weighted by molar-refractivity contribution is 0.271. The van der Waals surface area contributed by atoms with Crippen molar-refractivity contribution in [2.75, 3.05) is 63.8 Å². The lowest BCUT2D eigenvalue weighted by atomic mass is 10.1. The highest BCUT2D eigenvalue weighted by molar-refractivity contribution is 5.48. The Bertz CT molecular complexity index is 424. The second kappa shape index (κ2) is 9.91. The molecule has 0 aliphatic carbocycles. The van der Waals surface area contributed by atoms with E-state index in [1.165, 1.54) is 30.9 Å². The molecule has 23 heavy (non-hydrogen) atoms. The van der Waals surface area contributed by atoms with Crippen LogP contribution in [-0.4, -0.2) is 68.7 Å². The molecule has 1 aromatic carbocycles. The first-order valence-electron chi connectivity index (χ1n) is 9.26. The molecule has 0 saturated carbocycles. The molecule has 1 N–H and O–H groups in total. The molecule has 4 heteroatoms. The van der Waals surface area contributed by atoms with Crippen LogP contribution >= 0.6 is 0 Å². The zero-order valence-corrected chi connectivity index (χ0v) is 15.2. The third kappa shape index (κ3) is 5.79. The molecule has 2 rings (SSSR count). The van der Waals surface area contributed by atoms with Gasteiger partial charge in [0.15, 0.2) is 0 Å². The number of nitrogens with one attached hydrogen (secondary N) is 1. The second-order valence-corrected chi connectivity index (χ2v) is 6.31. The van der Waals surface area contributed by atoms with Crippen molar-refractivity contribution in [2.45, 2.75) is 27.3 Å². The molecule has 0 atom stereocenters. The number of piperazine rings is 1. The van der Waals surface area contributed by atoms with E-state index in [2.05, 4.69) is 65.1 Å². The normalized spacial score (nSPS) is 16.3. The van der Waals surface area contributed by atoms with Crippen LogP contribution in [-0.2, 0) is 6.54 Å². The van der Waals surface area contributed by atoms with Gasteiger partial charge in [-0.15, -0.1) is 0 Å². The van der Waals surface area contributed by atoms with Gasteiger partial charge in [-0.1, -0.05) is 32.9 Å². The third-order valence-electron chi connectivity index (χ3n) is 4.83. The summed E-state index contributed by atoms with van der Waals surface area (Å²) in [5, 5.41) is 3.41. The minimum absolute atomic E-state index is 1.05. The average Bonchev–Trinajstić information content (AvgIpc) is 2.61. The Morgan fingerprint density at radius 1 is 1.00 bits per heavy atom. The topological polar surface area (TPSA) is 21.8 Å². The van der Waals surface area contributed by atoms with Crippen LogP contribution in [0, 0.1) is 0 Å². The van der Waals surface area contributed by atoms with E-state index in [4.69, 9.17) is 0 Å². The number of benzene rings is 1. The fourth-order valence-corrected chi connectivity index (χ4v) is 3.16. The van der Waals surface area contributed by atoms with Gasteiger partial charge in [-0.25, -0.2) is 0 Å². The average molecular weight is 319 g/mol. The molecule has 1 saturated heterocycles. The molecular weight excluding hydrogens is 284 g/mol. The van der Waals surface area contributed by atoms with Crippen LogP contribution in [0.5, 0.6) is 0 Å². The Kier molecular flexibility index (Phi) is 7.86. The second-order valence-electron chi connectivity index (χ2n) is 6.31. The summed E-state index contributed by atoms with van der Waals surface area (Å²) < 4.78 is 0. The predicted octanol–water partition coefficient (Wildman–Crippen LogP) is 2.26. The fourth-order valence-electron chi connectivity index (χ4n) is 3.16. The zero-order valence-electron chi connectivity index (χ0n) is 15.2. The quantitative estimate of drug-likeness (QED) is 0.705. The van der Waals surface area contributed by atoms with Crippen molar-refractivity contribution in [3.05, 3.63) is 29.8 Å². The van der Waals surface area contributed by atoms with Gasteiger partial charge in [-0.2, -0.15) is 0 Å².